The van der Waals surface area contributed by atoms with Crippen LogP contribution in [0.5, 0.6) is 0 Å². The van der Waals surface area contributed by atoms with Gasteiger partial charge >= 0.3 is 0 Å². The van der Waals surface area contributed by atoms with E-state index < -0.39 is 0 Å². The number of hydrogen-bond acceptors (Lipinski definition) is 4. The van der Waals surface area contributed by atoms with Crippen LogP contribution in [-0.2, 0) is 0 Å². The Morgan fingerprint density at radius 3 is 2.56 bits per heavy atom. The van der Waals surface area contributed by atoms with Crippen LogP contribution in [0.15, 0.2) is 28.7 Å². The molecule has 3 aromatic rings. The van der Waals surface area contributed by atoms with Crippen LogP contribution in [0.2, 0.25) is 0 Å². The van der Waals surface area contributed by atoms with Crippen molar-refractivity contribution in [2.24, 2.45) is 0 Å². The van der Waals surface area contributed by atoms with Gasteiger partial charge in [0, 0.05) is 22.0 Å². The van der Waals surface area contributed by atoms with Crippen molar-refractivity contribution < 1.29 is 4.42 Å². The van der Waals surface area contributed by atoms with Gasteiger partial charge in [-0.15, -0.1) is 0 Å². The first-order valence-corrected chi connectivity index (χ1v) is 5.01. The number of benzene rings is 2. The maximum atomic E-state index is 6.06. The molecular formula is C12H11N3O. The minimum Gasteiger partial charge on any atom is -0.423 e. The number of aryl methyl sites for hydroxylation is 1. The molecule has 1 heterocycles. The first-order valence-electron chi connectivity index (χ1n) is 5.01. The Balaban J connectivity index is 2.67. The van der Waals surface area contributed by atoms with Crippen molar-refractivity contribution in [3.63, 3.8) is 0 Å². The third-order valence-corrected chi connectivity index (χ3v) is 2.86. The fraction of sp³-hybridized carbons (Fsp3) is 0.0833. The van der Waals surface area contributed by atoms with Gasteiger partial charge in [0.2, 0.25) is 0 Å². The smallest absolute Gasteiger partial charge is 0.293 e. The van der Waals surface area contributed by atoms with E-state index in [0.717, 1.165) is 27.5 Å². The molecule has 0 bridgehead atoms. The summed E-state index contributed by atoms with van der Waals surface area (Å²) in [5, 5.41) is 1.96. The monoisotopic (exact) mass is 213 g/mol. The van der Waals surface area contributed by atoms with E-state index in [2.05, 4.69) is 4.98 Å². The molecule has 0 saturated heterocycles. The van der Waals surface area contributed by atoms with Gasteiger partial charge < -0.3 is 15.9 Å². The van der Waals surface area contributed by atoms with Crippen molar-refractivity contribution in [3.05, 3.63) is 29.8 Å². The molecule has 0 atom stereocenters. The van der Waals surface area contributed by atoms with Crippen LogP contribution >= 0.6 is 0 Å². The van der Waals surface area contributed by atoms with E-state index in [1.165, 1.54) is 0 Å². The zero-order valence-electron chi connectivity index (χ0n) is 8.82. The molecule has 0 spiro atoms. The molecule has 4 heteroatoms. The Bertz CT molecular complexity index is 700. The lowest BCUT2D eigenvalue weighted by molar-refractivity contribution is 0.624. The summed E-state index contributed by atoms with van der Waals surface area (Å²) in [6.07, 6.45) is 0. The predicted octanol–water partition coefficient (Wildman–Crippen LogP) is 2.45. The molecule has 4 N–H and O–H groups in total. The highest BCUT2D eigenvalue weighted by molar-refractivity contribution is 6.11. The molecule has 3 rings (SSSR count). The number of anilines is 2. The maximum absolute atomic E-state index is 6.06. The fourth-order valence-electron chi connectivity index (χ4n) is 2.02. The van der Waals surface area contributed by atoms with Crippen molar-refractivity contribution in [2.75, 3.05) is 11.5 Å². The lowest BCUT2D eigenvalue weighted by Gasteiger charge is -2.05. The molecule has 2 aromatic carbocycles. The summed E-state index contributed by atoms with van der Waals surface area (Å²) in [7, 11) is 0. The third kappa shape index (κ3) is 1.01. The number of nitrogens with zero attached hydrogens (tertiary/aromatic N) is 1. The van der Waals surface area contributed by atoms with Gasteiger partial charge in [-0.05, 0) is 6.92 Å². The Morgan fingerprint density at radius 1 is 1.12 bits per heavy atom. The van der Waals surface area contributed by atoms with E-state index in [1.54, 1.807) is 0 Å². The number of aromatic nitrogens is 1. The highest BCUT2D eigenvalue weighted by Crippen LogP contribution is 2.34. The minimum absolute atomic E-state index is 0.175. The SMILES string of the molecule is Cc1c(N)c2ccccc2c2nc(N)oc12. The van der Waals surface area contributed by atoms with E-state index in [9.17, 15) is 0 Å². The summed E-state index contributed by atoms with van der Waals surface area (Å²) in [4.78, 5) is 4.20. The largest absolute Gasteiger partial charge is 0.423 e. The molecule has 0 amide bonds. The van der Waals surface area contributed by atoms with Gasteiger partial charge in [-0.25, -0.2) is 0 Å². The summed E-state index contributed by atoms with van der Waals surface area (Å²) in [5.41, 5.74) is 14.7. The van der Waals surface area contributed by atoms with Crippen LogP contribution < -0.4 is 11.5 Å². The second kappa shape index (κ2) is 2.88. The highest BCUT2D eigenvalue weighted by Gasteiger charge is 2.13. The summed E-state index contributed by atoms with van der Waals surface area (Å²) in [6, 6.07) is 8.01. The first-order chi connectivity index (χ1) is 7.68. The van der Waals surface area contributed by atoms with E-state index in [0.29, 0.717) is 5.58 Å². The maximum Gasteiger partial charge on any atom is 0.293 e. The van der Waals surface area contributed by atoms with E-state index in [4.69, 9.17) is 15.9 Å². The van der Waals surface area contributed by atoms with E-state index in [-0.39, 0.29) is 6.01 Å². The van der Waals surface area contributed by atoms with Crippen molar-refractivity contribution in [1.29, 1.82) is 0 Å². The molecule has 0 saturated carbocycles. The average Bonchev–Trinajstić information content (AvgIpc) is 2.68. The summed E-state index contributed by atoms with van der Waals surface area (Å²) >= 11 is 0. The normalized spacial score (nSPS) is 11.3. The molecule has 0 aliphatic heterocycles. The fourth-order valence-corrected chi connectivity index (χ4v) is 2.02. The number of rotatable bonds is 0. The number of hydrogen-bond donors (Lipinski definition) is 2. The summed E-state index contributed by atoms with van der Waals surface area (Å²) in [5.74, 6) is 0. The topological polar surface area (TPSA) is 78.1 Å². The standard InChI is InChI=1S/C12H11N3O/c1-6-9(13)7-4-2-3-5-8(7)10-11(6)16-12(14)15-10/h2-5H,13H2,1H3,(H2,14,15). The Kier molecular flexibility index (Phi) is 1.63. The second-order valence-corrected chi connectivity index (χ2v) is 3.81. The lowest BCUT2D eigenvalue weighted by Crippen LogP contribution is -1.92. The summed E-state index contributed by atoms with van der Waals surface area (Å²) < 4.78 is 5.37. The lowest BCUT2D eigenvalue weighted by atomic mass is 10.0. The molecule has 0 aliphatic rings. The average molecular weight is 213 g/mol. The molecule has 0 radical (unpaired) electrons. The van der Waals surface area contributed by atoms with Crippen molar-refractivity contribution in [3.8, 4) is 0 Å². The molecule has 0 fully saturated rings. The summed E-state index contributed by atoms with van der Waals surface area (Å²) in [6.45, 7) is 1.91. The Labute approximate surface area is 91.9 Å². The van der Waals surface area contributed by atoms with Crippen LogP contribution in [0, 0.1) is 6.92 Å². The number of oxazole rings is 1. The van der Waals surface area contributed by atoms with Crippen molar-refractivity contribution >= 4 is 33.6 Å². The van der Waals surface area contributed by atoms with Crippen LogP contribution in [-0.4, -0.2) is 4.98 Å². The first kappa shape index (κ1) is 9.03. The molecule has 16 heavy (non-hydrogen) atoms. The third-order valence-electron chi connectivity index (χ3n) is 2.86. The van der Waals surface area contributed by atoms with Crippen LogP contribution in [0.25, 0.3) is 21.9 Å². The van der Waals surface area contributed by atoms with Gasteiger partial charge in [0.25, 0.3) is 6.01 Å². The Morgan fingerprint density at radius 2 is 1.81 bits per heavy atom. The van der Waals surface area contributed by atoms with Crippen LogP contribution in [0.1, 0.15) is 5.56 Å². The Hall–Kier alpha value is -2.23. The van der Waals surface area contributed by atoms with E-state index >= 15 is 0 Å². The van der Waals surface area contributed by atoms with Crippen LogP contribution in [0.3, 0.4) is 0 Å². The van der Waals surface area contributed by atoms with Gasteiger partial charge in [-0.1, -0.05) is 24.3 Å². The molecule has 1 aromatic heterocycles. The minimum atomic E-state index is 0.175. The second-order valence-electron chi connectivity index (χ2n) is 3.81. The zero-order valence-corrected chi connectivity index (χ0v) is 8.82. The molecule has 0 aliphatic carbocycles. The van der Waals surface area contributed by atoms with E-state index in [1.807, 2.05) is 31.2 Å². The van der Waals surface area contributed by atoms with Crippen LogP contribution in [0.4, 0.5) is 11.7 Å². The van der Waals surface area contributed by atoms with Crippen molar-refractivity contribution in [2.45, 2.75) is 6.92 Å². The number of nitrogens with two attached hydrogens (primary N) is 2. The molecule has 0 unspecified atom stereocenters. The number of nitrogen functional groups attached to an aromatic ring is 2. The predicted molar refractivity (Wildman–Crippen MR) is 65.1 cm³/mol. The van der Waals surface area contributed by atoms with Gasteiger partial charge in [-0.3, -0.25) is 0 Å². The van der Waals surface area contributed by atoms with Gasteiger partial charge in [0.1, 0.15) is 5.52 Å². The molecule has 80 valence electrons. The van der Waals surface area contributed by atoms with Gasteiger partial charge in [0.15, 0.2) is 5.58 Å². The quantitative estimate of drug-likeness (QED) is 0.562. The van der Waals surface area contributed by atoms with Crippen molar-refractivity contribution in [1.82, 2.24) is 4.98 Å². The molecule has 4 nitrogen and oxygen atoms in total. The zero-order chi connectivity index (χ0) is 11.3. The highest BCUT2D eigenvalue weighted by atomic mass is 16.4. The van der Waals surface area contributed by atoms with Gasteiger partial charge in [0.05, 0.1) is 0 Å². The molecular weight excluding hydrogens is 202 g/mol. The number of fused-ring (bicyclic) bond motifs is 3. The van der Waals surface area contributed by atoms with Gasteiger partial charge in [-0.2, -0.15) is 4.98 Å².